The van der Waals surface area contributed by atoms with Gasteiger partial charge in [-0.2, -0.15) is 0 Å². The van der Waals surface area contributed by atoms with Crippen LogP contribution < -0.4 is 9.62 Å². The molecule has 2 aromatic carbocycles. The van der Waals surface area contributed by atoms with E-state index in [1.807, 2.05) is 26.8 Å². The number of nitrogens with zero attached hydrogens (tertiary/aromatic N) is 2. The van der Waals surface area contributed by atoms with Crippen LogP contribution in [0.15, 0.2) is 42.5 Å². The average molecular weight is 506 g/mol. The summed E-state index contributed by atoms with van der Waals surface area (Å²) in [6.45, 7) is 7.60. The predicted molar refractivity (Wildman–Crippen MR) is 137 cm³/mol. The Kier molecular flexibility index (Phi) is 10.2. The summed E-state index contributed by atoms with van der Waals surface area (Å²) in [5, 5.41) is 2.87. The molecule has 0 aliphatic heterocycles. The quantitative estimate of drug-likeness (QED) is 0.443. The van der Waals surface area contributed by atoms with E-state index in [2.05, 4.69) is 5.32 Å². The number of hydrogen-bond donors (Lipinski definition) is 1. The zero-order valence-corrected chi connectivity index (χ0v) is 22.0. The first kappa shape index (κ1) is 28.3. The van der Waals surface area contributed by atoms with Gasteiger partial charge in [0.2, 0.25) is 21.8 Å². The molecule has 1 atom stereocenters. The molecule has 0 spiro atoms. The van der Waals surface area contributed by atoms with Crippen LogP contribution >= 0.6 is 0 Å². The Bertz CT molecular complexity index is 1100. The van der Waals surface area contributed by atoms with Crippen LogP contribution in [0.2, 0.25) is 0 Å². The molecule has 2 aromatic rings. The Morgan fingerprint density at radius 1 is 1.03 bits per heavy atom. The number of sulfonamides is 1. The number of carbonyl (C=O) groups is 2. The van der Waals surface area contributed by atoms with Crippen LogP contribution in [0.4, 0.5) is 10.1 Å². The number of aryl methyl sites for hydroxylation is 2. The number of carbonyl (C=O) groups excluding carboxylic acids is 2. The van der Waals surface area contributed by atoms with Crippen LogP contribution in [0.5, 0.6) is 0 Å². The highest BCUT2D eigenvalue weighted by molar-refractivity contribution is 7.92. The summed E-state index contributed by atoms with van der Waals surface area (Å²) in [7, 11) is -3.79. The number of unbranched alkanes of at least 4 members (excludes halogenated alkanes) is 1. The molecule has 0 fully saturated rings. The van der Waals surface area contributed by atoms with Gasteiger partial charge in [0.05, 0.1) is 11.9 Å². The Balaban J connectivity index is 2.42. The summed E-state index contributed by atoms with van der Waals surface area (Å²) in [5.41, 5.74) is 2.76. The average Bonchev–Trinajstić information content (AvgIpc) is 2.77. The van der Waals surface area contributed by atoms with E-state index >= 15 is 0 Å². The monoisotopic (exact) mass is 505 g/mol. The lowest BCUT2D eigenvalue weighted by atomic mass is 10.1. The highest BCUT2D eigenvalue weighted by Crippen LogP contribution is 2.22. The van der Waals surface area contributed by atoms with Gasteiger partial charge in [0.15, 0.2) is 0 Å². The number of halogens is 1. The van der Waals surface area contributed by atoms with Crippen LogP contribution in [0.25, 0.3) is 0 Å². The molecule has 1 N–H and O–H groups in total. The van der Waals surface area contributed by atoms with Crippen molar-refractivity contribution in [3.05, 3.63) is 65.0 Å². The summed E-state index contributed by atoms with van der Waals surface area (Å²) >= 11 is 0. The van der Waals surface area contributed by atoms with Crippen LogP contribution in [0, 0.1) is 19.7 Å². The molecule has 9 heteroatoms. The van der Waals surface area contributed by atoms with Crippen molar-refractivity contribution in [1.82, 2.24) is 10.2 Å². The number of nitrogens with one attached hydrogen (secondary N) is 1. The van der Waals surface area contributed by atoms with Crippen molar-refractivity contribution in [3.8, 4) is 0 Å². The largest absolute Gasteiger partial charge is 0.354 e. The third-order valence-electron chi connectivity index (χ3n) is 5.66. The SMILES string of the molecule is CCCCNC(=O)C(CC)N(Cc1ccc(F)cc1)C(=O)CN(c1cc(C)cc(C)c1)S(C)(=O)=O. The van der Waals surface area contributed by atoms with Crippen LogP contribution in [-0.4, -0.2) is 50.5 Å². The van der Waals surface area contributed by atoms with E-state index in [1.54, 1.807) is 31.2 Å². The molecule has 0 aromatic heterocycles. The maximum atomic E-state index is 13.6. The lowest BCUT2D eigenvalue weighted by Gasteiger charge is -2.33. The second-order valence-electron chi connectivity index (χ2n) is 8.83. The topological polar surface area (TPSA) is 86.8 Å². The van der Waals surface area contributed by atoms with Crippen molar-refractivity contribution in [3.63, 3.8) is 0 Å². The van der Waals surface area contributed by atoms with Crippen molar-refractivity contribution in [2.24, 2.45) is 0 Å². The fraction of sp³-hybridized carbons (Fsp3) is 0.462. The number of hydrogen-bond acceptors (Lipinski definition) is 4. The zero-order valence-electron chi connectivity index (χ0n) is 21.2. The minimum absolute atomic E-state index is 0.0449. The molecule has 2 amide bonds. The van der Waals surface area contributed by atoms with Gasteiger partial charge >= 0.3 is 0 Å². The van der Waals surface area contributed by atoms with E-state index in [4.69, 9.17) is 0 Å². The van der Waals surface area contributed by atoms with Gasteiger partial charge < -0.3 is 10.2 Å². The zero-order chi connectivity index (χ0) is 26.2. The Morgan fingerprint density at radius 2 is 1.63 bits per heavy atom. The molecule has 7 nitrogen and oxygen atoms in total. The predicted octanol–water partition coefficient (Wildman–Crippen LogP) is 3.93. The molecular weight excluding hydrogens is 469 g/mol. The molecule has 35 heavy (non-hydrogen) atoms. The second-order valence-corrected chi connectivity index (χ2v) is 10.7. The third kappa shape index (κ3) is 8.35. The highest BCUT2D eigenvalue weighted by atomic mass is 32.2. The lowest BCUT2D eigenvalue weighted by Crippen LogP contribution is -2.52. The van der Waals surface area contributed by atoms with Crippen LogP contribution in [-0.2, 0) is 26.2 Å². The molecule has 0 aliphatic rings. The molecule has 0 radical (unpaired) electrons. The van der Waals surface area contributed by atoms with Crippen molar-refractivity contribution in [2.45, 2.75) is 59.5 Å². The first-order valence-corrected chi connectivity index (χ1v) is 13.7. The van der Waals surface area contributed by atoms with Crippen LogP contribution in [0.1, 0.15) is 49.8 Å². The minimum Gasteiger partial charge on any atom is -0.354 e. The first-order valence-electron chi connectivity index (χ1n) is 11.8. The van der Waals surface area contributed by atoms with Gasteiger partial charge in [0.1, 0.15) is 18.4 Å². The fourth-order valence-corrected chi connectivity index (χ4v) is 4.75. The Hall–Kier alpha value is -2.94. The van der Waals surface area contributed by atoms with Crippen molar-refractivity contribution in [1.29, 1.82) is 0 Å². The van der Waals surface area contributed by atoms with Gasteiger partial charge in [-0.15, -0.1) is 0 Å². The van der Waals surface area contributed by atoms with E-state index in [-0.39, 0.29) is 12.5 Å². The van der Waals surface area contributed by atoms with Gasteiger partial charge in [0.25, 0.3) is 0 Å². The van der Waals surface area contributed by atoms with Crippen molar-refractivity contribution < 1.29 is 22.4 Å². The lowest BCUT2D eigenvalue weighted by molar-refractivity contribution is -0.140. The smallest absolute Gasteiger partial charge is 0.244 e. The van der Waals surface area contributed by atoms with Gasteiger partial charge in [-0.05, 0) is 67.6 Å². The number of benzene rings is 2. The van der Waals surface area contributed by atoms with Gasteiger partial charge in [-0.25, -0.2) is 12.8 Å². The molecule has 0 aliphatic carbocycles. The van der Waals surface area contributed by atoms with Crippen molar-refractivity contribution in [2.75, 3.05) is 23.7 Å². The molecule has 2 rings (SSSR count). The molecule has 1 unspecified atom stereocenters. The normalized spacial score (nSPS) is 12.2. The van der Waals surface area contributed by atoms with Crippen molar-refractivity contribution >= 4 is 27.5 Å². The molecule has 0 saturated heterocycles. The van der Waals surface area contributed by atoms with Gasteiger partial charge in [-0.3, -0.25) is 13.9 Å². The summed E-state index contributed by atoms with van der Waals surface area (Å²) in [5.74, 6) is -1.22. The Labute approximate surface area is 208 Å². The number of rotatable bonds is 12. The van der Waals surface area contributed by atoms with E-state index in [0.717, 1.165) is 34.5 Å². The molecular formula is C26H36FN3O4S. The standard InChI is InChI=1S/C26H36FN3O4S/c1-6-8-13-28-26(32)24(7-2)29(17-21-9-11-22(27)12-10-21)25(31)18-30(35(5,33)34)23-15-19(3)14-20(4)16-23/h9-12,14-16,24H,6-8,13,17-18H2,1-5H3,(H,28,32). The number of amides is 2. The molecule has 0 bridgehead atoms. The summed E-state index contributed by atoms with van der Waals surface area (Å²) in [6, 6.07) is 10.2. The summed E-state index contributed by atoms with van der Waals surface area (Å²) in [6.07, 6.45) is 3.11. The van der Waals surface area contributed by atoms with Crippen LogP contribution in [0.3, 0.4) is 0 Å². The maximum absolute atomic E-state index is 13.6. The molecule has 0 saturated carbocycles. The van der Waals surface area contributed by atoms with Gasteiger partial charge in [0, 0.05) is 13.1 Å². The second kappa shape index (κ2) is 12.7. The molecule has 192 valence electrons. The molecule has 0 heterocycles. The Morgan fingerprint density at radius 3 is 2.14 bits per heavy atom. The third-order valence-corrected chi connectivity index (χ3v) is 6.80. The first-order chi connectivity index (χ1) is 16.5. The maximum Gasteiger partial charge on any atom is 0.244 e. The van der Waals surface area contributed by atoms with Gasteiger partial charge in [-0.1, -0.05) is 38.5 Å². The van der Waals surface area contributed by atoms with E-state index in [9.17, 15) is 22.4 Å². The minimum atomic E-state index is -3.79. The summed E-state index contributed by atoms with van der Waals surface area (Å²) in [4.78, 5) is 28.0. The summed E-state index contributed by atoms with van der Waals surface area (Å²) < 4.78 is 39.9. The van der Waals surface area contributed by atoms with E-state index < -0.39 is 34.3 Å². The van der Waals surface area contributed by atoms with E-state index in [0.29, 0.717) is 24.2 Å². The number of anilines is 1. The highest BCUT2D eigenvalue weighted by Gasteiger charge is 2.31. The van der Waals surface area contributed by atoms with E-state index in [1.165, 1.54) is 17.0 Å². The fourth-order valence-electron chi connectivity index (χ4n) is 3.92.